The zero-order chi connectivity index (χ0) is 21.7. The van der Waals surface area contributed by atoms with Gasteiger partial charge < -0.3 is 0 Å². The number of hydrogen-bond acceptors (Lipinski definition) is 5. The predicted molar refractivity (Wildman–Crippen MR) is 118 cm³/mol. The van der Waals surface area contributed by atoms with E-state index in [1.165, 1.54) is 16.7 Å². The van der Waals surface area contributed by atoms with Crippen LogP contribution in [0.4, 0.5) is 5.69 Å². The first-order chi connectivity index (χ1) is 14.3. The molecule has 1 aliphatic rings. The van der Waals surface area contributed by atoms with Gasteiger partial charge in [0.1, 0.15) is 0 Å². The fourth-order valence-corrected chi connectivity index (χ4v) is 3.72. The topological polar surface area (TPSA) is 58.8 Å². The number of hydrogen-bond donors (Lipinski definition) is 0. The standard InChI is InChI=1S/C22H24ClN2O4S/c1-16(26)24(29-30-18-12-10-17(23)11-13-18)14-6-7-15-28-25-20-9-5-4-8-19(20)22(2,3)21(25)27/h4-5,8-14H,6-7,15H2,1-3H3/q+1. The van der Waals surface area contributed by atoms with Crippen molar-refractivity contribution in [2.45, 2.75) is 43.9 Å². The first kappa shape index (κ1) is 22.3. The van der Waals surface area contributed by atoms with Gasteiger partial charge in [0, 0.05) is 11.4 Å². The van der Waals surface area contributed by atoms with Crippen LogP contribution in [0.2, 0.25) is 5.02 Å². The Morgan fingerprint density at radius 1 is 1.20 bits per heavy atom. The number of amides is 2. The van der Waals surface area contributed by atoms with Gasteiger partial charge in [-0.25, -0.2) is 4.79 Å². The molecule has 0 N–H and O–H groups in total. The molecule has 2 aromatic carbocycles. The minimum atomic E-state index is -0.610. The van der Waals surface area contributed by atoms with Crippen molar-refractivity contribution in [3.05, 3.63) is 59.1 Å². The van der Waals surface area contributed by atoms with Gasteiger partial charge in [-0.1, -0.05) is 29.8 Å². The predicted octanol–water partition coefficient (Wildman–Crippen LogP) is 4.94. The summed E-state index contributed by atoms with van der Waals surface area (Å²) in [5, 5.41) is 2.02. The fraction of sp³-hybridized carbons (Fsp3) is 0.318. The van der Waals surface area contributed by atoms with E-state index in [0.29, 0.717) is 24.5 Å². The summed E-state index contributed by atoms with van der Waals surface area (Å²) in [6, 6.07) is 14.8. The first-order valence-electron chi connectivity index (χ1n) is 9.61. The molecule has 0 bridgehead atoms. The van der Waals surface area contributed by atoms with Crippen LogP contribution in [-0.4, -0.2) is 29.4 Å². The summed E-state index contributed by atoms with van der Waals surface area (Å²) in [5.74, 6) is -0.316. The summed E-state index contributed by atoms with van der Waals surface area (Å²) in [6.07, 6.45) is 2.83. The molecule has 0 fully saturated rings. The minimum absolute atomic E-state index is 0.0826. The minimum Gasteiger partial charge on any atom is -0.271 e. The maximum Gasteiger partial charge on any atom is 0.432 e. The van der Waals surface area contributed by atoms with E-state index in [-0.39, 0.29) is 11.8 Å². The third kappa shape index (κ3) is 5.03. The summed E-state index contributed by atoms with van der Waals surface area (Å²) in [7, 11) is 0. The summed E-state index contributed by atoms with van der Waals surface area (Å²) in [6.45, 7) is 5.55. The van der Waals surface area contributed by atoms with Crippen LogP contribution in [0.15, 0.2) is 53.4 Å². The molecule has 0 atom stereocenters. The molecule has 30 heavy (non-hydrogen) atoms. The third-order valence-corrected chi connectivity index (χ3v) is 5.67. The smallest absolute Gasteiger partial charge is 0.271 e. The Hall–Kier alpha value is -2.35. The number of nitrogens with zero attached hydrogens (tertiary/aromatic N) is 2. The van der Waals surface area contributed by atoms with Crippen molar-refractivity contribution in [3.8, 4) is 0 Å². The molecular weight excluding hydrogens is 424 g/mol. The lowest BCUT2D eigenvalue weighted by molar-refractivity contribution is -0.666. The van der Waals surface area contributed by atoms with Crippen LogP contribution >= 0.6 is 23.6 Å². The second-order valence-electron chi connectivity index (χ2n) is 7.36. The Bertz CT molecular complexity index is 960. The highest BCUT2D eigenvalue weighted by atomic mass is 35.5. The van der Waals surface area contributed by atoms with E-state index in [1.54, 1.807) is 18.3 Å². The molecule has 158 valence electrons. The van der Waals surface area contributed by atoms with Crippen LogP contribution in [0.1, 0.15) is 39.2 Å². The zero-order valence-electron chi connectivity index (χ0n) is 17.1. The lowest BCUT2D eigenvalue weighted by Gasteiger charge is -2.19. The van der Waals surface area contributed by atoms with Crippen LogP contribution in [0.5, 0.6) is 0 Å². The van der Waals surface area contributed by atoms with Gasteiger partial charge in [-0.15, -0.1) is 0 Å². The molecule has 2 aromatic rings. The highest BCUT2D eigenvalue weighted by Crippen LogP contribution is 2.41. The van der Waals surface area contributed by atoms with Gasteiger partial charge in [-0.3, -0.25) is 9.63 Å². The molecule has 0 aliphatic carbocycles. The van der Waals surface area contributed by atoms with Crippen molar-refractivity contribution in [3.63, 3.8) is 0 Å². The molecule has 2 amide bonds. The van der Waals surface area contributed by atoms with Crippen LogP contribution in [0.25, 0.3) is 0 Å². The summed E-state index contributed by atoms with van der Waals surface area (Å²) in [4.78, 5) is 31.1. The molecule has 0 unspecified atom stereocenters. The van der Waals surface area contributed by atoms with Crippen molar-refractivity contribution >= 4 is 47.4 Å². The molecule has 0 spiro atoms. The van der Waals surface area contributed by atoms with E-state index >= 15 is 0 Å². The summed E-state index contributed by atoms with van der Waals surface area (Å²) in [5.41, 5.74) is 1.13. The Morgan fingerprint density at radius 2 is 1.90 bits per heavy atom. The monoisotopic (exact) mass is 447 g/mol. The lowest BCUT2D eigenvalue weighted by atomic mass is 9.86. The van der Waals surface area contributed by atoms with Crippen LogP contribution in [-0.2, 0) is 24.1 Å². The van der Waals surface area contributed by atoms with Crippen LogP contribution < -0.4 is 5.06 Å². The van der Waals surface area contributed by atoms with Crippen molar-refractivity contribution < 1.29 is 23.4 Å². The quantitative estimate of drug-likeness (QED) is 0.188. The Kier molecular flexibility index (Phi) is 7.18. The average molecular weight is 448 g/mol. The second-order valence-corrected chi connectivity index (χ2v) is 8.58. The number of fused-ring (bicyclic) bond motifs is 1. The number of hydroxylamine groups is 2. The van der Waals surface area contributed by atoms with Gasteiger partial charge in [0.2, 0.25) is 6.21 Å². The average Bonchev–Trinajstić information content (AvgIpc) is 2.91. The summed E-state index contributed by atoms with van der Waals surface area (Å²) < 4.78 is 6.69. The maximum absolute atomic E-state index is 12.7. The fourth-order valence-electron chi connectivity index (χ4n) is 3.02. The van der Waals surface area contributed by atoms with Gasteiger partial charge in [0.25, 0.3) is 5.91 Å². The molecule has 8 heteroatoms. The van der Waals surface area contributed by atoms with Crippen molar-refractivity contribution in [1.29, 1.82) is 0 Å². The number of benzene rings is 2. The molecule has 0 saturated carbocycles. The molecule has 1 heterocycles. The van der Waals surface area contributed by atoms with E-state index in [1.807, 2.05) is 50.2 Å². The van der Waals surface area contributed by atoms with Crippen molar-refractivity contribution in [2.24, 2.45) is 0 Å². The molecule has 0 aromatic heterocycles. The Morgan fingerprint density at radius 3 is 2.60 bits per heavy atom. The lowest BCUT2D eigenvalue weighted by Crippen LogP contribution is -2.36. The first-order valence-corrected chi connectivity index (χ1v) is 10.7. The normalized spacial score (nSPS) is 15.3. The number of para-hydroxylation sites is 1. The van der Waals surface area contributed by atoms with E-state index in [2.05, 4.69) is 0 Å². The van der Waals surface area contributed by atoms with Crippen molar-refractivity contribution in [1.82, 2.24) is 0 Å². The third-order valence-electron chi connectivity index (χ3n) is 4.72. The van der Waals surface area contributed by atoms with Gasteiger partial charge in [-0.05, 0) is 56.2 Å². The van der Waals surface area contributed by atoms with E-state index in [9.17, 15) is 9.59 Å². The molecule has 0 radical (unpaired) electrons. The van der Waals surface area contributed by atoms with Crippen LogP contribution in [0, 0.1) is 0 Å². The maximum atomic E-state index is 12.7. The van der Waals surface area contributed by atoms with Crippen molar-refractivity contribution in [2.75, 3.05) is 11.7 Å². The zero-order valence-corrected chi connectivity index (χ0v) is 18.7. The van der Waals surface area contributed by atoms with Crippen LogP contribution in [0.3, 0.4) is 0 Å². The highest BCUT2D eigenvalue weighted by molar-refractivity contribution is 7.94. The molecule has 0 saturated heterocycles. The summed E-state index contributed by atoms with van der Waals surface area (Å²) >= 11 is 6.94. The van der Waals surface area contributed by atoms with Gasteiger partial charge in [-0.2, -0.15) is 9.35 Å². The van der Waals surface area contributed by atoms with E-state index < -0.39 is 5.41 Å². The molecular formula is C22H24ClN2O4S+. The van der Waals surface area contributed by atoms with E-state index in [0.717, 1.165) is 28.2 Å². The van der Waals surface area contributed by atoms with Gasteiger partial charge >= 0.3 is 5.91 Å². The van der Waals surface area contributed by atoms with Gasteiger partial charge in [0.05, 0.1) is 34.3 Å². The number of carbonyl (C=O) groups excluding carboxylic acids is 2. The Balaban J connectivity index is 1.51. The SMILES string of the molecule is CC(=O)[N+](=CCCCON1C(=O)C(C)(C)c2ccccc21)OSc1ccc(Cl)cc1. The molecule has 6 nitrogen and oxygen atoms in total. The number of halogens is 1. The Labute approximate surface area is 185 Å². The van der Waals surface area contributed by atoms with E-state index in [4.69, 9.17) is 20.7 Å². The molecule has 1 aliphatic heterocycles. The van der Waals surface area contributed by atoms with Gasteiger partial charge in [0.15, 0.2) is 12.0 Å². The second kappa shape index (κ2) is 9.64. The highest BCUT2D eigenvalue weighted by Gasteiger charge is 2.44. The largest absolute Gasteiger partial charge is 0.432 e. The number of rotatable bonds is 8. The number of anilines is 1. The molecule has 3 rings (SSSR count). The number of unbranched alkanes of at least 4 members (excludes halogenated alkanes) is 1. The number of carbonyl (C=O) groups is 2.